The van der Waals surface area contributed by atoms with Crippen LogP contribution in [0.15, 0.2) is 22.7 Å². The van der Waals surface area contributed by atoms with Crippen LogP contribution >= 0.6 is 31.9 Å². The van der Waals surface area contributed by atoms with Crippen molar-refractivity contribution in [3.8, 4) is 0 Å². The first-order chi connectivity index (χ1) is 11.5. The van der Waals surface area contributed by atoms with Gasteiger partial charge in [0.05, 0.1) is 20.9 Å². The van der Waals surface area contributed by atoms with E-state index < -0.39 is 26.0 Å². The van der Waals surface area contributed by atoms with E-state index in [0.717, 1.165) is 0 Å². The Kier molecular flexibility index (Phi) is 4.15. The van der Waals surface area contributed by atoms with Gasteiger partial charge in [0.1, 0.15) is 0 Å². The van der Waals surface area contributed by atoms with E-state index in [4.69, 9.17) is 0 Å². The number of benzene rings is 1. The minimum absolute atomic E-state index is 0.0528. The van der Waals surface area contributed by atoms with Crippen molar-refractivity contribution in [3.05, 3.63) is 32.8 Å². The SMILES string of the molecule is CC12CCC(C(=O)Nc3cc([N+](=O)[O-])ccc3Br)(C(Br)C1=O)C2(C)C. The number of nitrogens with zero attached hydrogens (tertiary/aromatic N) is 1. The highest BCUT2D eigenvalue weighted by Gasteiger charge is 2.76. The number of alkyl halides is 1. The third-order valence-electron chi connectivity index (χ3n) is 6.53. The smallest absolute Gasteiger partial charge is 0.271 e. The van der Waals surface area contributed by atoms with Crippen LogP contribution in [0.1, 0.15) is 33.6 Å². The molecular formula is C17H18Br2N2O4. The van der Waals surface area contributed by atoms with Crippen molar-refractivity contribution in [1.29, 1.82) is 0 Å². The highest BCUT2D eigenvalue weighted by atomic mass is 79.9. The number of amides is 1. The van der Waals surface area contributed by atoms with Crippen molar-refractivity contribution in [2.75, 3.05) is 5.32 Å². The van der Waals surface area contributed by atoms with E-state index in [9.17, 15) is 19.7 Å². The third-order valence-corrected chi connectivity index (χ3v) is 8.42. The first kappa shape index (κ1) is 18.5. The van der Waals surface area contributed by atoms with Gasteiger partial charge in [0.2, 0.25) is 5.91 Å². The molecule has 0 radical (unpaired) electrons. The van der Waals surface area contributed by atoms with E-state index >= 15 is 0 Å². The number of anilines is 1. The zero-order chi connectivity index (χ0) is 18.8. The minimum Gasteiger partial charge on any atom is -0.324 e. The lowest BCUT2D eigenvalue weighted by Crippen LogP contribution is -2.48. The molecule has 3 atom stereocenters. The van der Waals surface area contributed by atoms with Gasteiger partial charge >= 0.3 is 0 Å². The molecule has 0 heterocycles. The maximum Gasteiger partial charge on any atom is 0.271 e. The van der Waals surface area contributed by atoms with Crippen molar-refractivity contribution < 1.29 is 14.5 Å². The number of ketones is 1. The van der Waals surface area contributed by atoms with Gasteiger partial charge in [0.15, 0.2) is 5.78 Å². The van der Waals surface area contributed by atoms with Crippen LogP contribution in [0.5, 0.6) is 0 Å². The summed E-state index contributed by atoms with van der Waals surface area (Å²) in [6, 6.07) is 4.21. The molecule has 1 amide bonds. The van der Waals surface area contributed by atoms with Crippen LogP contribution in [0.4, 0.5) is 11.4 Å². The molecule has 1 aromatic carbocycles. The summed E-state index contributed by atoms with van der Waals surface area (Å²) >= 11 is 6.79. The predicted octanol–water partition coefficient (Wildman–Crippen LogP) is 4.45. The fourth-order valence-corrected chi connectivity index (χ4v) is 6.27. The molecule has 2 bridgehead atoms. The third kappa shape index (κ3) is 2.19. The molecule has 2 aliphatic carbocycles. The molecule has 0 aliphatic heterocycles. The molecule has 3 unspecified atom stereocenters. The Bertz CT molecular complexity index is 810. The van der Waals surface area contributed by atoms with Gasteiger partial charge < -0.3 is 5.32 Å². The highest BCUT2D eigenvalue weighted by molar-refractivity contribution is 9.10. The fourth-order valence-electron chi connectivity index (χ4n) is 4.41. The summed E-state index contributed by atoms with van der Waals surface area (Å²) < 4.78 is 0.553. The van der Waals surface area contributed by atoms with Crippen LogP contribution in [0.2, 0.25) is 0 Å². The molecule has 25 heavy (non-hydrogen) atoms. The molecule has 1 N–H and O–H groups in total. The summed E-state index contributed by atoms with van der Waals surface area (Å²) in [6.45, 7) is 5.84. The molecule has 2 aliphatic rings. The summed E-state index contributed by atoms with van der Waals surface area (Å²) in [5, 5.41) is 13.8. The molecule has 8 heteroatoms. The summed E-state index contributed by atoms with van der Waals surface area (Å²) in [5.41, 5.74) is -1.74. The maximum absolute atomic E-state index is 13.3. The monoisotopic (exact) mass is 472 g/mol. The van der Waals surface area contributed by atoms with Crippen LogP contribution in [0, 0.1) is 26.4 Å². The van der Waals surface area contributed by atoms with Gasteiger partial charge in [-0.3, -0.25) is 19.7 Å². The average molecular weight is 474 g/mol. The van der Waals surface area contributed by atoms with Crippen LogP contribution in [-0.2, 0) is 9.59 Å². The Hall–Kier alpha value is -1.28. The molecule has 6 nitrogen and oxygen atoms in total. The number of rotatable bonds is 3. The first-order valence-electron chi connectivity index (χ1n) is 7.93. The molecule has 1 aromatic rings. The predicted molar refractivity (Wildman–Crippen MR) is 101 cm³/mol. The maximum atomic E-state index is 13.3. The zero-order valence-electron chi connectivity index (χ0n) is 14.1. The van der Waals surface area contributed by atoms with E-state index in [1.807, 2.05) is 20.8 Å². The molecule has 2 fully saturated rings. The molecule has 0 spiro atoms. The van der Waals surface area contributed by atoms with Crippen LogP contribution in [0.3, 0.4) is 0 Å². The van der Waals surface area contributed by atoms with E-state index in [0.29, 0.717) is 23.0 Å². The molecular weight excluding hydrogens is 456 g/mol. The molecule has 3 rings (SSSR count). The van der Waals surface area contributed by atoms with Crippen molar-refractivity contribution in [2.45, 2.75) is 38.4 Å². The summed E-state index contributed by atoms with van der Waals surface area (Å²) in [7, 11) is 0. The van der Waals surface area contributed by atoms with Gasteiger partial charge in [-0.15, -0.1) is 0 Å². The lowest BCUT2D eigenvalue weighted by molar-refractivity contribution is -0.384. The first-order valence-corrected chi connectivity index (χ1v) is 9.64. The van der Waals surface area contributed by atoms with Crippen molar-refractivity contribution in [1.82, 2.24) is 0 Å². The van der Waals surface area contributed by atoms with Crippen molar-refractivity contribution in [3.63, 3.8) is 0 Å². The quantitative estimate of drug-likeness (QED) is 0.398. The second kappa shape index (κ2) is 5.61. The number of carbonyl (C=O) groups excluding carboxylic acids is 2. The van der Waals surface area contributed by atoms with E-state index in [2.05, 4.69) is 37.2 Å². The van der Waals surface area contributed by atoms with Gasteiger partial charge in [-0.25, -0.2) is 0 Å². The van der Waals surface area contributed by atoms with Crippen LogP contribution < -0.4 is 5.32 Å². The number of nitro groups is 1. The summed E-state index contributed by atoms with van der Waals surface area (Å²) in [6.07, 6.45) is 1.25. The Labute approximate surface area is 162 Å². The van der Waals surface area contributed by atoms with E-state index in [1.165, 1.54) is 18.2 Å². The van der Waals surface area contributed by atoms with Gasteiger partial charge in [-0.1, -0.05) is 36.7 Å². The largest absolute Gasteiger partial charge is 0.324 e. The highest BCUT2D eigenvalue weighted by Crippen LogP contribution is 2.72. The van der Waals surface area contributed by atoms with Gasteiger partial charge in [0, 0.05) is 22.0 Å². The Morgan fingerprint density at radius 2 is 1.96 bits per heavy atom. The van der Waals surface area contributed by atoms with Gasteiger partial charge in [0.25, 0.3) is 5.69 Å². The van der Waals surface area contributed by atoms with Crippen molar-refractivity contribution >= 4 is 54.9 Å². The average Bonchev–Trinajstić information content (AvgIpc) is 2.81. The Balaban J connectivity index is 2.01. The zero-order valence-corrected chi connectivity index (χ0v) is 17.2. The number of fused-ring (bicyclic) bond motifs is 2. The van der Waals surface area contributed by atoms with Crippen LogP contribution in [0.25, 0.3) is 0 Å². The summed E-state index contributed by atoms with van der Waals surface area (Å²) in [4.78, 5) is 35.9. The number of halogens is 2. The number of Topliss-reactive ketones (excluding diaryl/α,β-unsaturated/α-hetero) is 1. The molecule has 0 aromatic heterocycles. The lowest BCUT2D eigenvalue weighted by atomic mass is 9.64. The second-order valence-corrected chi connectivity index (χ2v) is 9.30. The Morgan fingerprint density at radius 1 is 1.32 bits per heavy atom. The van der Waals surface area contributed by atoms with Gasteiger partial charge in [-0.2, -0.15) is 0 Å². The van der Waals surface area contributed by atoms with E-state index in [-0.39, 0.29) is 17.4 Å². The fraction of sp³-hybridized carbons (Fsp3) is 0.529. The number of non-ortho nitro benzene ring substituents is 1. The second-order valence-electron chi connectivity index (χ2n) is 7.53. The summed E-state index contributed by atoms with van der Waals surface area (Å²) in [5.74, 6) is -0.229. The Morgan fingerprint density at radius 3 is 2.48 bits per heavy atom. The number of nitro benzene ring substituents is 1. The number of hydrogen-bond acceptors (Lipinski definition) is 4. The van der Waals surface area contributed by atoms with Gasteiger partial charge in [-0.05, 0) is 40.3 Å². The number of nitrogens with one attached hydrogen (secondary N) is 1. The minimum atomic E-state index is -0.886. The topological polar surface area (TPSA) is 89.3 Å². The van der Waals surface area contributed by atoms with E-state index in [1.54, 1.807) is 0 Å². The normalized spacial score (nSPS) is 32.7. The molecule has 2 saturated carbocycles. The van der Waals surface area contributed by atoms with Crippen molar-refractivity contribution in [2.24, 2.45) is 16.2 Å². The standard InChI is InChI=1S/C17H18Br2N2O4/c1-15(2)16(3)6-7-17(15,12(19)13(16)22)14(23)20-11-8-9(21(24)25)4-5-10(11)18/h4-5,8,12H,6-7H2,1-3H3,(H,20,23). The molecule has 0 saturated heterocycles. The number of hydrogen-bond donors (Lipinski definition) is 1. The lowest BCUT2D eigenvalue weighted by Gasteiger charge is -2.39. The number of carbonyl (C=O) groups is 2. The molecule has 134 valence electrons. The van der Waals surface area contributed by atoms with Crippen LogP contribution in [-0.4, -0.2) is 21.4 Å².